The van der Waals surface area contributed by atoms with Crippen molar-refractivity contribution < 1.29 is 0 Å². The molecule has 1 aromatic heterocycles. The van der Waals surface area contributed by atoms with Gasteiger partial charge in [-0.05, 0) is 31.5 Å². The van der Waals surface area contributed by atoms with Crippen LogP contribution in [-0.2, 0) is 6.54 Å². The lowest BCUT2D eigenvalue weighted by molar-refractivity contribution is 0.669. The molecule has 1 atom stereocenters. The zero-order chi connectivity index (χ0) is 13.7. The normalized spacial score (nSPS) is 19.7. The Hall–Kier alpha value is -0.450. The summed E-state index contributed by atoms with van der Waals surface area (Å²) in [5, 5.41) is 4.15. The first kappa shape index (κ1) is 14.9. The predicted octanol–water partition coefficient (Wildman–Crippen LogP) is 3.18. The summed E-state index contributed by atoms with van der Waals surface area (Å²) < 4.78 is 0. The number of aromatic nitrogens is 1. The van der Waals surface area contributed by atoms with E-state index in [1.165, 1.54) is 11.5 Å². The molecule has 0 bridgehead atoms. The molecule has 2 rings (SSSR count). The second-order valence-corrected chi connectivity index (χ2v) is 6.49. The van der Waals surface area contributed by atoms with Crippen molar-refractivity contribution in [2.75, 3.05) is 29.5 Å². The number of anilines is 1. The van der Waals surface area contributed by atoms with E-state index in [4.69, 9.17) is 11.6 Å². The summed E-state index contributed by atoms with van der Waals surface area (Å²) in [4.78, 5) is 6.88. The van der Waals surface area contributed by atoms with Crippen LogP contribution in [-0.4, -0.2) is 35.6 Å². The average molecular weight is 300 g/mol. The molecule has 0 amide bonds. The molecule has 1 aliphatic heterocycles. The quantitative estimate of drug-likeness (QED) is 0.845. The summed E-state index contributed by atoms with van der Waals surface area (Å²) in [5.41, 5.74) is 1.14. The Bertz CT molecular complexity index is 414. The van der Waals surface area contributed by atoms with Crippen LogP contribution in [0.25, 0.3) is 0 Å². The van der Waals surface area contributed by atoms with Crippen LogP contribution in [0.15, 0.2) is 12.3 Å². The first-order valence-electron chi connectivity index (χ1n) is 6.92. The molecule has 1 N–H and O–H groups in total. The largest absolute Gasteiger partial charge is 0.352 e. The van der Waals surface area contributed by atoms with Crippen LogP contribution < -0.4 is 10.2 Å². The van der Waals surface area contributed by atoms with Crippen molar-refractivity contribution in [2.24, 2.45) is 0 Å². The van der Waals surface area contributed by atoms with Gasteiger partial charge in [-0.25, -0.2) is 4.98 Å². The van der Waals surface area contributed by atoms with Crippen LogP contribution in [0.2, 0.25) is 5.02 Å². The topological polar surface area (TPSA) is 28.2 Å². The molecule has 1 saturated heterocycles. The Kier molecular flexibility index (Phi) is 5.79. The highest BCUT2D eigenvalue weighted by molar-refractivity contribution is 7.99. The van der Waals surface area contributed by atoms with Crippen molar-refractivity contribution in [3.63, 3.8) is 0 Å². The van der Waals surface area contributed by atoms with E-state index in [1.54, 1.807) is 6.20 Å². The Labute approximate surface area is 125 Å². The second-order valence-electron chi connectivity index (χ2n) is 4.93. The van der Waals surface area contributed by atoms with E-state index in [0.29, 0.717) is 6.04 Å². The van der Waals surface area contributed by atoms with E-state index in [-0.39, 0.29) is 0 Å². The van der Waals surface area contributed by atoms with Crippen LogP contribution in [0.1, 0.15) is 25.8 Å². The molecule has 106 valence electrons. The predicted molar refractivity (Wildman–Crippen MR) is 85.4 cm³/mol. The fraction of sp³-hybridized carbons (Fsp3) is 0.643. The Morgan fingerprint density at radius 3 is 3.16 bits per heavy atom. The maximum absolute atomic E-state index is 6.23. The lowest BCUT2D eigenvalue weighted by Crippen LogP contribution is -2.41. The molecule has 0 saturated carbocycles. The molecule has 0 spiro atoms. The van der Waals surface area contributed by atoms with Crippen LogP contribution in [0.5, 0.6) is 0 Å². The minimum Gasteiger partial charge on any atom is -0.352 e. The number of thioether (sulfide) groups is 1. The monoisotopic (exact) mass is 299 g/mol. The van der Waals surface area contributed by atoms with E-state index < -0.39 is 0 Å². The lowest BCUT2D eigenvalue weighted by atomic mass is 10.2. The van der Waals surface area contributed by atoms with Crippen LogP contribution in [0.4, 0.5) is 5.82 Å². The van der Waals surface area contributed by atoms with Gasteiger partial charge in [0.1, 0.15) is 5.82 Å². The van der Waals surface area contributed by atoms with Crippen molar-refractivity contribution in [1.82, 2.24) is 10.3 Å². The molecular weight excluding hydrogens is 278 g/mol. The molecule has 0 radical (unpaired) electrons. The lowest BCUT2D eigenvalue weighted by Gasteiger charge is -2.34. The minimum absolute atomic E-state index is 0.545. The van der Waals surface area contributed by atoms with Crippen molar-refractivity contribution in [3.8, 4) is 0 Å². The van der Waals surface area contributed by atoms with Gasteiger partial charge >= 0.3 is 0 Å². The van der Waals surface area contributed by atoms with Gasteiger partial charge in [0.15, 0.2) is 0 Å². The third-order valence-corrected chi connectivity index (χ3v) is 4.85. The molecule has 0 aromatic carbocycles. The maximum atomic E-state index is 6.23. The summed E-state index contributed by atoms with van der Waals surface area (Å²) in [6, 6.07) is 2.68. The molecule has 5 heteroatoms. The number of hydrogen-bond acceptors (Lipinski definition) is 4. The molecule has 0 aliphatic carbocycles. The zero-order valence-corrected chi connectivity index (χ0v) is 13.2. The molecular formula is C14H22ClN3S. The van der Waals surface area contributed by atoms with E-state index in [1.807, 2.05) is 11.8 Å². The standard InChI is InChI=1S/C14H22ClN3S/c1-3-4-16-8-12-7-14(17-9-13(12)15)18-5-6-19-10-11(18)2/h7,9,11,16H,3-6,8,10H2,1-2H3. The van der Waals surface area contributed by atoms with E-state index >= 15 is 0 Å². The van der Waals surface area contributed by atoms with Crippen LogP contribution >= 0.6 is 23.4 Å². The van der Waals surface area contributed by atoms with Gasteiger partial charge in [0.2, 0.25) is 0 Å². The molecule has 1 aromatic rings. The molecule has 1 aliphatic rings. The third-order valence-electron chi connectivity index (χ3n) is 3.32. The molecule has 2 heterocycles. The number of halogens is 1. The smallest absolute Gasteiger partial charge is 0.129 e. The Morgan fingerprint density at radius 2 is 2.42 bits per heavy atom. The highest BCUT2D eigenvalue weighted by Crippen LogP contribution is 2.25. The summed E-state index contributed by atoms with van der Waals surface area (Å²) in [7, 11) is 0. The van der Waals surface area contributed by atoms with Gasteiger partial charge in [0.25, 0.3) is 0 Å². The minimum atomic E-state index is 0.545. The zero-order valence-electron chi connectivity index (χ0n) is 11.7. The summed E-state index contributed by atoms with van der Waals surface area (Å²) >= 11 is 8.24. The number of pyridine rings is 1. The first-order chi connectivity index (χ1) is 9.22. The third kappa shape index (κ3) is 4.01. The Morgan fingerprint density at radius 1 is 1.58 bits per heavy atom. The molecule has 3 nitrogen and oxygen atoms in total. The van der Waals surface area contributed by atoms with Gasteiger partial charge in [0.05, 0.1) is 5.02 Å². The highest BCUT2D eigenvalue weighted by Gasteiger charge is 2.20. The number of nitrogens with one attached hydrogen (secondary N) is 1. The molecule has 1 unspecified atom stereocenters. The maximum Gasteiger partial charge on any atom is 0.129 e. The number of hydrogen-bond donors (Lipinski definition) is 1. The first-order valence-corrected chi connectivity index (χ1v) is 8.45. The second kappa shape index (κ2) is 7.36. The van der Waals surface area contributed by atoms with Crippen molar-refractivity contribution in [3.05, 3.63) is 22.8 Å². The van der Waals surface area contributed by atoms with E-state index in [9.17, 15) is 0 Å². The van der Waals surface area contributed by atoms with Gasteiger partial charge in [-0.3, -0.25) is 0 Å². The summed E-state index contributed by atoms with van der Waals surface area (Å²) in [5.74, 6) is 3.41. The number of nitrogens with zero attached hydrogens (tertiary/aromatic N) is 2. The Balaban J connectivity index is 2.10. The van der Waals surface area contributed by atoms with Gasteiger partial charge in [-0.2, -0.15) is 11.8 Å². The fourth-order valence-electron chi connectivity index (χ4n) is 2.23. The fourth-order valence-corrected chi connectivity index (χ4v) is 3.41. The molecule has 1 fully saturated rings. The van der Waals surface area contributed by atoms with E-state index in [0.717, 1.165) is 42.5 Å². The summed E-state index contributed by atoms with van der Waals surface area (Å²) in [6.45, 7) is 7.34. The number of rotatable bonds is 5. The molecule has 19 heavy (non-hydrogen) atoms. The average Bonchev–Trinajstić information content (AvgIpc) is 2.42. The summed E-state index contributed by atoms with van der Waals surface area (Å²) in [6.07, 6.45) is 2.92. The van der Waals surface area contributed by atoms with Crippen LogP contribution in [0, 0.1) is 0 Å². The van der Waals surface area contributed by atoms with Crippen molar-refractivity contribution in [1.29, 1.82) is 0 Å². The van der Waals surface area contributed by atoms with Gasteiger partial charge in [-0.15, -0.1) is 0 Å². The SMILES string of the molecule is CCCNCc1cc(N2CCSCC2C)ncc1Cl. The van der Waals surface area contributed by atoms with Crippen molar-refractivity contribution in [2.45, 2.75) is 32.9 Å². The van der Waals surface area contributed by atoms with Gasteiger partial charge in [-0.1, -0.05) is 18.5 Å². The highest BCUT2D eigenvalue weighted by atomic mass is 35.5. The van der Waals surface area contributed by atoms with Crippen molar-refractivity contribution >= 4 is 29.2 Å². The van der Waals surface area contributed by atoms with E-state index in [2.05, 4.69) is 35.1 Å². The van der Waals surface area contributed by atoms with Crippen LogP contribution in [0.3, 0.4) is 0 Å². The van der Waals surface area contributed by atoms with Gasteiger partial charge in [0, 0.05) is 36.8 Å². The van der Waals surface area contributed by atoms with Gasteiger partial charge < -0.3 is 10.2 Å².